The molecule has 3 aliphatic rings. The Morgan fingerprint density at radius 1 is 1.10 bits per heavy atom. The fourth-order valence-corrected chi connectivity index (χ4v) is 3.90. The molecule has 1 N–H and O–H groups in total. The van der Waals surface area contributed by atoms with Crippen LogP contribution in [0.25, 0.3) is 0 Å². The zero-order valence-electron chi connectivity index (χ0n) is 11.9. The van der Waals surface area contributed by atoms with Gasteiger partial charge in [0.25, 0.3) is 0 Å². The molecular weight excluding hydrogens is 270 g/mol. The van der Waals surface area contributed by atoms with Crippen LogP contribution in [0.3, 0.4) is 0 Å². The Hall–Kier alpha value is -0.590. The van der Waals surface area contributed by atoms with Crippen LogP contribution in [0.2, 0.25) is 0 Å². The first kappa shape index (κ1) is 13.1. The van der Waals surface area contributed by atoms with Crippen molar-refractivity contribution in [2.75, 3.05) is 38.5 Å². The first-order chi connectivity index (χ1) is 9.92. The standard InChI is InChI=1S/C14H23N5S/c1-2-11(1)13-16-17-14(19(13)12-3-4-12)20-10-9-18-7-5-15-6-8-18/h11-12,15H,1-10H2. The van der Waals surface area contributed by atoms with Crippen molar-refractivity contribution in [2.24, 2.45) is 0 Å². The number of piperazine rings is 1. The Balaban J connectivity index is 1.36. The fraction of sp³-hybridized carbons (Fsp3) is 0.857. The van der Waals surface area contributed by atoms with Crippen molar-refractivity contribution in [1.29, 1.82) is 0 Å². The summed E-state index contributed by atoms with van der Waals surface area (Å²) in [6.45, 7) is 5.80. The summed E-state index contributed by atoms with van der Waals surface area (Å²) < 4.78 is 2.46. The smallest absolute Gasteiger partial charge is 0.191 e. The van der Waals surface area contributed by atoms with Gasteiger partial charge in [0.05, 0.1) is 0 Å². The third-order valence-corrected chi connectivity index (χ3v) is 5.32. The molecule has 2 saturated carbocycles. The molecule has 6 heteroatoms. The molecule has 0 spiro atoms. The van der Waals surface area contributed by atoms with Gasteiger partial charge in [0.2, 0.25) is 0 Å². The summed E-state index contributed by atoms with van der Waals surface area (Å²) in [5, 5.41) is 13.5. The molecule has 1 aromatic rings. The molecule has 0 unspecified atom stereocenters. The average molecular weight is 293 g/mol. The molecule has 1 aliphatic heterocycles. The van der Waals surface area contributed by atoms with E-state index in [1.165, 1.54) is 56.3 Å². The Morgan fingerprint density at radius 2 is 1.90 bits per heavy atom. The lowest BCUT2D eigenvalue weighted by Gasteiger charge is -2.26. The van der Waals surface area contributed by atoms with Gasteiger partial charge in [0, 0.05) is 50.4 Å². The Labute approximate surface area is 124 Å². The summed E-state index contributed by atoms with van der Waals surface area (Å²) in [5.41, 5.74) is 0. The molecule has 0 radical (unpaired) electrons. The van der Waals surface area contributed by atoms with E-state index in [9.17, 15) is 0 Å². The van der Waals surface area contributed by atoms with Gasteiger partial charge in [0.15, 0.2) is 5.16 Å². The first-order valence-electron chi connectivity index (χ1n) is 7.92. The summed E-state index contributed by atoms with van der Waals surface area (Å²) in [7, 11) is 0. The lowest BCUT2D eigenvalue weighted by molar-refractivity contribution is 0.255. The SMILES string of the molecule is C1CN(CCSc2nnc(C3CC3)n2C2CC2)CCN1. The molecule has 5 nitrogen and oxygen atoms in total. The number of rotatable bonds is 6. The number of nitrogens with zero attached hydrogens (tertiary/aromatic N) is 4. The summed E-state index contributed by atoms with van der Waals surface area (Å²) >= 11 is 1.90. The highest BCUT2D eigenvalue weighted by molar-refractivity contribution is 7.99. The second kappa shape index (κ2) is 5.66. The molecule has 1 aromatic heterocycles. The fourth-order valence-electron chi connectivity index (χ4n) is 2.88. The topological polar surface area (TPSA) is 46.0 Å². The average Bonchev–Trinajstić information content (AvgIpc) is 3.40. The van der Waals surface area contributed by atoms with E-state index >= 15 is 0 Å². The molecule has 3 fully saturated rings. The second-order valence-corrected chi connectivity index (χ2v) is 7.22. The van der Waals surface area contributed by atoms with Crippen LogP contribution in [0.5, 0.6) is 0 Å². The van der Waals surface area contributed by atoms with Gasteiger partial charge in [-0.3, -0.25) is 4.90 Å². The number of hydrogen-bond acceptors (Lipinski definition) is 5. The van der Waals surface area contributed by atoms with Crippen LogP contribution < -0.4 is 5.32 Å². The Kier molecular flexibility index (Phi) is 3.70. The number of thioether (sulfide) groups is 1. The van der Waals surface area contributed by atoms with Crippen molar-refractivity contribution in [1.82, 2.24) is 25.0 Å². The van der Waals surface area contributed by atoms with Crippen molar-refractivity contribution in [2.45, 2.75) is 42.8 Å². The van der Waals surface area contributed by atoms with Crippen molar-refractivity contribution in [3.05, 3.63) is 5.82 Å². The van der Waals surface area contributed by atoms with Gasteiger partial charge >= 0.3 is 0 Å². The lowest BCUT2D eigenvalue weighted by atomic mass is 10.4. The minimum Gasteiger partial charge on any atom is -0.314 e. The summed E-state index contributed by atoms with van der Waals surface area (Å²) in [4.78, 5) is 2.54. The molecule has 20 heavy (non-hydrogen) atoms. The zero-order chi connectivity index (χ0) is 13.4. The van der Waals surface area contributed by atoms with Gasteiger partial charge in [0.1, 0.15) is 5.82 Å². The maximum absolute atomic E-state index is 4.47. The van der Waals surface area contributed by atoms with Crippen LogP contribution in [0, 0.1) is 0 Å². The highest BCUT2D eigenvalue weighted by atomic mass is 32.2. The van der Waals surface area contributed by atoms with Crippen molar-refractivity contribution >= 4 is 11.8 Å². The minimum absolute atomic E-state index is 0.710. The van der Waals surface area contributed by atoms with Crippen LogP contribution in [-0.4, -0.2) is 58.1 Å². The van der Waals surface area contributed by atoms with Gasteiger partial charge in [-0.2, -0.15) is 0 Å². The van der Waals surface area contributed by atoms with Gasteiger partial charge < -0.3 is 9.88 Å². The molecule has 0 atom stereocenters. The normalized spacial score (nSPS) is 24.2. The van der Waals surface area contributed by atoms with Crippen LogP contribution in [0.4, 0.5) is 0 Å². The molecule has 0 aromatic carbocycles. The van der Waals surface area contributed by atoms with E-state index in [0.29, 0.717) is 12.0 Å². The van der Waals surface area contributed by atoms with Crippen molar-refractivity contribution < 1.29 is 0 Å². The van der Waals surface area contributed by atoms with Gasteiger partial charge in [-0.15, -0.1) is 10.2 Å². The highest BCUT2D eigenvalue weighted by Crippen LogP contribution is 2.45. The predicted octanol–water partition coefficient (Wildman–Crippen LogP) is 1.49. The van der Waals surface area contributed by atoms with E-state index in [2.05, 4.69) is 25.0 Å². The number of nitrogens with one attached hydrogen (secondary N) is 1. The maximum atomic E-state index is 4.47. The minimum atomic E-state index is 0.710. The van der Waals surface area contributed by atoms with Crippen molar-refractivity contribution in [3.8, 4) is 0 Å². The van der Waals surface area contributed by atoms with Crippen LogP contribution in [0.1, 0.15) is 43.5 Å². The van der Waals surface area contributed by atoms with Gasteiger partial charge in [-0.25, -0.2) is 0 Å². The van der Waals surface area contributed by atoms with E-state index < -0.39 is 0 Å². The largest absolute Gasteiger partial charge is 0.314 e. The monoisotopic (exact) mass is 293 g/mol. The van der Waals surface area contributed by atoms with E-state index in [1.807, 2.05) is 11.8 Å². The van der Waals surface area contributed by atoms with Gasteiger partial charge in [-0.05, 0) is 25.7 Å². The summed E-state index contributed by atoms with van der Waals surface area (Å²) in [6.07, 6.45) is 5.28. The predicted molar refractivity (Wildman–Crippen MR) is 80.3 cm³/mol. The first-order valence-corrected chi connectivity index (χ1v) is 8.91. The summed E-state index contributed by atoms with van der Waals surface area (Å²) in [6, 6.07) is 0.710. The molecule has 0 amide bonds. The van der Waals surface area contributed by atoms with Crippen LogP contribution in [-0.2, 0) is 0 Å². The zero-order valence-corrected chi connectivity index (χ0v) is 12.7. The van der Waals surface area contributed by atoms with Gasteiger partial charge in [-0.1, -0.05) is 11.8 Å². The van der Waals surface area contributed by atoms with E-state index in [-0.39, 0.29) is 0 Å². The third kappa shape index (κ3) is 2.87. The Morgan fingerprint density at radius 3 is 2.60 bits per heavy atom. The molecule has 0 bridgehead atoms. The van der Waals surface area contributed by atoms with Crippen LogP contribution >= 0.6 is 11.8 Å². The van der Waals surface area contributed by atoms with Crippen molar-refractivity contribution in [3.63, 3.8) is 0 Å². The quantitative estimate of drug-likeness (QED) is 0.805. The second-order valence-electron chi connectivity index (χ2n) is 6.16. The molecule has 2 aliphatic carbocycles. The summed E-state index contributed by atoms with van der Waals surface area (Å²) in [5.74, 6) is 3.12. The van der Waals surface area contributed by atoms with E-state index in [4.69, 9.17) is 0 Å². The molecule has 1 saturated heterocycles. The number of hydrogen-bond donors (Lipinski definition) is 1. The highest BCUT2D eigenvalue weighted by Gasteiger charge is 2.36. The van der Waals surface area contributed by atoms with E-state index in [1.54, 1.807) is 0 Å². The molecule has 4 rings (SSSR count). The molecule has 110 valence electrons. The molecule has 2 heterocycles. The molecular formula is C14H23N5S. The van der Waals surface area contributed by atoms with E-state index in [0.717, 1.165) is 18.8 Å². The van der Waals surface area contributed by atoms with Crippen LogP contribution in [0.15, 0.2) is 5.16 Å². The maximum Gasteiger partial charge on any atom is 0.191 e. The Bertz CT molecular complexity index is 460. The lowest BCUT2D eigenvalue weighted by Crippen LogP contribution is -2.44. The third-order valence-electron chi connectivity index (χ3n) is 4.39. The number of aromatic nitrogens is 3.